The van der Waals surface area contributed by atoms with E-state index in [2.05, 4.69) is 20.4 Å². The van der Waals surface area contributed by atoms with Gasteiger partial charge in [-0.1, -0.05) is 18.2 Å². The summed E-state index contributed by atoms with van der Waals surface area (Å²) in [5.74, 6) is 0.299. The molecule has 0 aliphatic carbocycles. The summed E-state index contributed by atoms with van der Waals surface area (Å²) in [5, 5.41) is 1.92. The highest BCUT2D eigenvalue weighted by Gasteiger charge is 2.23. The molecule has 1 N–H and O–H groups in total. The average Bonchev–Trinajstić information content (AvgIpc) is 3.02. The molecule has 2 amide bonds. The van der Waals surface area contributed by atoms with Gasteiger partial charge in [0.25, 0.3) is 0 Å². The lowest BCUT2D eigenvalue weighted by molar-refractivity contribution is 0.205. The van der Waals surface area contributed by atoms with Crippen molar-refractivity contribution in [3.63, 3.8) is 0 Å². The lowest BCUT2D eigenvalue weighted by Gasteiger charge is -2.24. The fraction of sp³-hybridized carbons (Fsp3) is 0.286. The second-order valence-corrected chi connectivity index (χ2v) is 4.72. The van der Waals surface area contributed by atoms with E-state index in [1.807, 2.05) is 35.3 Å². The Labute approximate surface area is 122 Å². The second-order valence-electron chi connectivity index (χ2n) is 4.72. The minimum Gasteiger partial charge on any atom is -0.270 e. The molecule has 1 saturated heterocycles. The summed E-state index contributed by atoms with van der Waals surface area (Å²) in [6, 6.07) is 9.04. The standard InChI is InChI=1S/C14H16N6O/c21-14(18-19-8-4-5-9-19)20(12-6-2-1-3-7-12)13-16-10-15-11-17-13/h1-3,6-7,10-11H,4-5,8-9H2,(H,18,21). The van der Waals surface area contributed by atoms with Gasteiger partial charge in [-0.25, -0.2) is 29.7 Å². The smallest absolute Gasteiger partial charge is 0.270 e. The lowest BCUT2D eigenvalue weighted by atomic mass is 10.3. The summed E-state index contributed by atoms with van der Waals surface area (Å²) in [5.41, 5.74) is 3.60. The van der Waals surface area contributed by atoms with Crippen molar-refractivity contribution in [2.24, 2.45) is 0 Å². The molecule has 1 aliphatic rings. The summed E-state index contributed by atoms with van der Waals surface area (Å²) in [6.45, 7) is 1.73. The molecule has 1 aromatic carbocycles. The number of nitrogens with zero attached hydrogens (tertiary/aromatic N) is 5. The minimum atomic E-state index is -0.269. The summed E-state index contributed by atoms with van der Waals surface area (Å²) in [7, 11) is 0. The van der Waals surface area contributed by atoms with Crippen LogP contribution in [-0.2, 0) is 0 Å². The van der Waals surface area contributed by atoms with Crippen LogP contribution in [0.5, 0.6) is 0 Å². The maximum absolute atomic E-state index is 12.6. The molecule has 0 spiro atoms. The predicted octanol–water partition coefficient (Wildman–Crippen LogP) is 1.73. The molecule has 108 valence electrons. The van der Waals surface area contributed by atoms with Crippen LogP contribution in [0.1, 0.15) is 12.8 Å². The molecule has 21 heavy (non-hydrogen) atoms. The number of benzene rings is 1. The van der Waals surface area contributed by atoms with Crippen LogP contribution in [0, 0.1) is 0 Å². The molecule has 0 radical (unpaired) electrons. The molecule has 0 saturated carbocycles. The third kappa shape index (κ3) is 3.14. The molecule has 7 nitrogen and oxygen atoms in total. The molecule has 2 aromatic rings. The van der Waals surface area contributed by atoms with E-state index in [1.165, 1.54) is 17.6 Å². The normalized spacial score (nSPS) is 14.9. The first-order chi connectivity index (χ1) is 10.3. The van der Waals surface area contributed by atoms with E-state index in [0.29, 0.717) is 11.6 Å². The molecule has 7 heteroatoms. The Kier molecular flexibility index (Phi) is 4.02. The van der Waals surface area contributed by atoms with E-state index in [-0.39, 0.29) is 6.03 Å². The summed E-state index contributed by atoms with van der Waals surface area (Å²) >= 11 is 0. The van der Waals surface area contributed by atoms with Crippen molar-refractivity contribution in [3.05, 3.63) is 43.0 Å². The molecule has 0 atom stereocenters. The van der Waals surface area contributed by atoms with Crippen LogP contribution in [0.25, 0.3) is 0 Å². The first kappa shape index (κ1) is 13.4. The first-order valence-electron chi connectivity index (χ1n) is 6.87. The lowest BCUT2D eigenvalue weighted by Crippen LogP contribution is -2.46. The van der Waals surface area contributed by atoms with Crippen molar-refractivity contribution in [3.8, 4) is 0 Å². The Balaban J connectivity index is 1.87. The van der Waals surface area contributed by atoms with Crippen LogP contribution in [0.4, 0.5) is 16.4 Å². The molecule has 1 fully saturated rings. The summed E-state index contributed by atoms with van der Waals surface area (Å²) < 4.78 is 0. The first-order valence-corrected chi connectivity index (χ1v) is 6.87. The molecule has 0 bridgehead atoms. The Morgan fingerprint density at radius 1 is 1.10 bits per heavy atom. The SMILES string of the molecule is O=C(NN1CCCC1)N(c1ccccc1)c1ncncn1. The molecule has 0 unspecified atom stereocenters. The van der Waals surface area contributed by atoms with Crippen molar-refractivity contribution >= 4 is 17.7 Å². The van der Waals surface area contributed by atoms with Gasteiger partial charge in [-0.15, -0.1) is 0 Å². The Hall–Kier alpha value is -2.54. The second kappa shape index (κ2) is 6.27. The molecule has 1 aliphatic heterocycles. The van der Waals surface area contributed by atoms with E-state index >= 15 is 0 Å². The molecule has 1 aromatic heterocycles. The Morgan fingerprint density at radius 2 is 1.76 bits per heavy atom. The van der Waals surface area contributed by atoms with Crippen molar-refractivity contribution in [1.82, 2.24) is 25.4 Å². The monoisotopic (exact) mass is 284 g/mol. The van der Waals surface area contributed by atoms with Crippen molar-refractivity contribution in [1.29, 1.82) is 0 Å². The number of amides is 2. The van der Waals surface area contributed by atoms with Gasteiger partial charge in [-0.3, -0.25) is 5.43 Å². The van der Waals surface area contributed by atoms with Gasteiger partial charge in [0.1, 0.15) is 12.7 Å². The number of hydrogen-bond acceptors (Lipinski definition) is 5. The van der Waals surface area contributed by atoms with Crippen molar-refractivity contribution in [2.75, 3.05) is 18.0 Å². The number of aromatic nitrogens is 3. The van der Waals surface area contributed by atoms with Gasteiger partial charge in [-0.2, -0.15) is 0 Å². The van der Waals surface area contributed by atoms with Crippen LogP contribution in [0.15, 0.2) is 43.0 Å². The highest BCUT2D eigenvalue weighted by Crippen LogP contribution is 2.21. The molecule has 2 heterocycles. The van der Waals surface area contributed by atoms with E-state index < -0.39 is 0 Å². The van der Waals surface area contributed by atoms with Gasteiger partial charge in [0.15, 0.2) is 0 Å². The number of rotatable bonds is 3. The van der Waals surface area contributed by atoms with Gasteiger partial charge >= 0.3 is 6.03 Å². The maximum atomic E-state index is 12.6. The third-order valence-corrected chi connectivity index (χ3v) is 3.26. The number of nitrogens with one attached hydrogen (secondary N) is 1. The van der Waals surface area contributed by atoms with Crippen LogP contribution in [0.2, 0.25) is 0 Å². The number of para-hydroxylation sites is 1. The molecule has 3 rings (SSSR count). The third-order valence-electron chi connectivity index (χ3n) is 3.26. The van der Waals surface area contributed by atoms with E-state index in [1.54, 1.807) is 0 Å². The van der Waals surface area contributed by atoms with E-state index in [9.17, 15) is 4.79 Å². The van der Waals surface area contributed by atoms with Crippen LogP contribution < -0.4 is 10.3 Å². The van der Waals surface area contributed by atoms with Crippen molar-refractivity contribution in [2.45, 2.75) is 12.8 Å². The average molecular weight is 284 g/mol. The number of carbonyl (C=O) groups is 1. The summed E-state index contributed by atoms with van der Waals surface area (Å²) in [4.78, 5) is 26.0. The number of urea groups is 1. The topological polar surface area (TPSA) is 74.2 Å². The summed E-state index contributed by atoms with van der Waals surface area (Å²) in [6.07, 6.45) is 4.94. The van der Waals surface area contributed by atoms with E-state index in [4.69, 9.17) is 0 Å². The minimum absolute atomic E-state index is 0.269. The van der Waals surface area contributed by atoms with Crippen molar-refractivity contribution < 1.29 is 4.79 Å². The van der Waals surface area contributed by atoms with Gasteiger partial charge in [0.05, 0.1) is 5.69 Å². The Bertz CT molecular complexity index is 545. The highest BCUT2D eigenvalue weighted by atomic mass is 16.2. The van der Waals surface area contributed by atoms with Gasteiger partial charge in [0.2, 0.25) is 5.95 Å². The van der Waals surface area contributed by atoms with Crippen LogP contribution in [0.3, 0.4) is 0 Å². The number of anilines is 2. The van der Waals surface area contributed by atoms with Gasteiger partial charge in [-0.05, 0) is 25.0 Å². The zero-order chi connectivity index (χ0) is 14.5. The van der Waals surface area contributed by atoms with Gasteiger partial charge in [0, 0.05) is 13.1 Å². The number of hydrazine groups is 1. The van der Waals surface area contributed by atoms with Crippen LogP contribution >= 0.6 is 0 Å². The molecular weight excluding hydrogens is 268 g/mol. The fourth-order valence-corrected chi connectivity index (χ4v) is 2.26. The number of carbonyl (C=O) groups excluding carboxylic acids is 1. The molecular formula is C14H16N6O. The van der Waals surface area contributed by atoms with Crippen LogP contribution in [-0.4, -0.2) is 39.1 Å². The quantitative estimate of drug-likeness (QED) is 0.929. The maximum Gasteiger partial charge on any atom is 0.343 e. The Morgan fingerprint density at radius 3 is 2.43 bits per heavy atom. The van der Waals surface area contributed by atoms with E-state index in [0.717, 1.165) is 25.9 Å². The predicted molar refractivity (Wildman–Crippen MR) is 77.7 cm³/mol. The zero-order valence-corrected chi connectivity index (χ0v) is 11.5. The highest BCUT2D eigenvalue weighted by molar-refractivity contribution is 5.97. The fourth-order valence-electron chi connectivity index (χ4n) is 2.26. The largest absolute Gasteiger partial charge is 0.343 e. The van der Waals surface area contributed by atoms with Gasteiger partial charge < -0.3 is 0 Å². The zero-order valence-electron chi connectivity index (χ0n) is 11.5. The number of hydrogen-bond donors (Lipinski definition) is 1.